The van der Waals surface area contributed by atoms with Gasteiger partial charge in [0.25, 0.3) is 0 Å². The average Bonchev–Trinajstić information content (AvgIpc) is 3.26. The number of fused-ring (bicyclic) bond motifs is 1. The summed E-state index contributed by atoms with van der Waals surface area (Å²) < 4.78 is 7.52. The van der Waals surface area contributed by atoms with E-state index in [4.69, 9.17) is 4.74 Å². The molecule has 4 rings (SSSR count). The zero-order valence-corrected chi connectivity index (χ0v) is 18.5. The van der Waals surface area contributed by atoms with Crippen molar-refractivity contribution in [3.05, 3.63) is 72.4 Å². The van der Waals surface area contributed by atoms with E-state index in [9.17, 15) is 5.11 Å². The van der Waals surface area contributed by atoms with Crippen LogP contribution < -0.4 is 10.1 Å². The van der Waals surface area contributed by atoms with Gasteiger partial charge < -0.3 is 15.2 Å². The van der Waals surface area contributed by atoms with Crippen LogP contribution in [0.3, 0.4) is 0 Å². The molecule has 0 spiro atoms. The Morgan fingerprint density at radius 1 is 1.03 bits per heavy atom. The highest BCUT2D eigenvalue weighted by Gasteiger charge is 2.20. The largest absolute Gasteiger partial charge is 0.463 e. The molecular weight excluding hydrogens is 402 g/mol. The highest BCUT2D eigenvalue weighted by molar-refractivity contribution is 5.87. The maximum Gasteiger partial charge on any atom is 0.320 e. The third-order valence-corrected chi connectivity index (χ3v) is 5.36. The molecule has 2 N–H and O–H groups in total. The monoisotopic (exact) mass is 431 g/mol. The van der Waals surface area contributed by atoms with Crippen molar-refractivity contribution in [2.75, 3.05) is 11.9 Å². The third-order valence-electron chi connectivity index (χ3n) is 5.36. The van der Waals surface area contributed by atoms with Crippen LogP contribution in [0.2, 0.25) is 0 Å². The van der Waals surface area contributed by atoms with Crippen molar-refractivity contribution in [3.8, 4) is 11.7 Å². The van der Waals surface area contributed by atoms with E-state index in [1.165, 1.54) is 5.56 Å². The Morgan fingerprint density at radius 3 is 2.47 bits per heavy atom. The van der Waals surface area contributed by atoms with Gasteiger partial charge in [0.05, 0.1) is 36.0 Å². The van der Waals surface area contributed by atoms with E-state index in [1.807, 2.05) is 62.4 Å². The minimum absolute atomic E-state index is 0.212. The topological polar surface area (TPSA) is 85.1 Å². The van der Waals surface area contributed by atoms with Crippen molar-refractivity contribution < 1.29 is 9.84 Å². The molecule has 0 amide bonds. The predicted molar refractivity (Wildman–Crippen MR) is 126 cm³/mol. The molecule has 2 aromatic heterocycles. The number of nitrogens with zero attached hydrogens (tertiary/aromatic N) is 4. The van der Waals surface area contributed by atoms with Crippen LogP contribution in [0.5, 0.6) is 6.01 Å². The van der Waals surface area contributed by atoms with Gasteiger partial charge in [-0.1, -0.05) is 55.5 Å². The normalized spacial score (nSPS) is 13.1. The summed E-state index contributed by atoms with van der Waals surface area (Å²) in [6, 6.07) is 20.1. The summed E-state index contributed by atoms with van der Waals surface area (Å²) in [5.74, 6) is 0.606. The molecule has 32 heavy (non-hydrogen) atoms. The molecule has 2 heterocycles. The van der Waals surface area contributed by atoms with Gasteiger partial charge in [-0.05, 0) is 43.9 Å². The molecule has 2 unspecified atom stereocenters. The van der Waals surface area contributed by atoms with E-state index in [2.05, 4.69) is 32.5 Å². The highest BCUT2D eigenvalue weighted by atomic mass is 16.5. The van der Waals surface area contributed by atoms with Crippen LogP contribution in [0.1, 0.15) is 32.3 Å². The number of para-hydroxylation sites is 1. The zero-order valence-electron chi connectivity index (χ0n) is 18.5. The molecule has 0 aliphatic carbocycles. The summed E-state index contributed by atoms with van der Waals surface area (Å²) in [6.45, 7) is 4.52. The Kier molecular flexibility index (Phi) is 6.97. The van der Waals surface area contributed by atoms with Crippen molar-refractivity contribution in [3.63, 3.8) is 0 Å². The van der Waals surface area contributed by atoms with E-state index in [0.717, 1.165) is 23.9 Å². The number of hydrogen-bond acceptors (Lipinski definition) is 6. The molecule has 0 fully saturated rings. The van der Waals surface area contributed by atoms with E-state index in [1.54, 1.807) is 10.9 Å². The molecule has 7 heteroatoms. The maximum atomic E-state index is 10.7. The van der Waals surface area contributed by atoms with Gasteiger partial charge in [0, 0.05) is 0 Å². The second kappa shape index (κ2) is 10.2. The number of aromatic nitrogens is 4. The molecule has 7 nitrogen and oxygen atoms in total. The molecule has 0 saturated heterocycles. The minimum atomic E-state index is -0.538. The van der Waals surface area contributed by atoms with Gasteiger partial charge in [0.15, 0.2) is 5.65 Å². The maximum absolute atomic E-state index is 10.7. The molecule has 4 aromatic rings. The molecule has 0 saturated carbocycles. The number of benzene rings is 2. The first-order chi connectivity index (χ1) is 15.7. The van der Waals surface area contributed by atoms with Gasteiger partial charge in [-0.3, -0.25) is 0 Å². The summed E-state index contributed by atoms with van der Waals surface area (Å²) >= 11 is 0. The number of hydrogen-bond donors (Lipinski definition) is 2. The van der Waals surface area contributed by atoms with Crippen LogP contribution >= 0.6 is 0 Å². The predicted octanol–water partition coefficient (Wildman–Crippen LogP) is 4.40. The number of aryl methyl sites for hydroxylation is 1. The molecule has 2 aromatic carbocycles. The summed E-state index contributed by atoms with van der Waals surface area (Å²) in [7, 11) is 0. The first-order valence-electron chi connectivity index (χ1n) is 11.1. The van der Waals surface area contributed by atoms with E-state index < -0.39 is 6.10 Å². The molecule has 0 radical (unpaired) electrons. The molecular formula is C25H29N5O2. The fourth-order valence-electron chi connectivity index (χ4n) is 3.54. The molecule has 0 aliphatic heterocycles. The average molecular weight is 432 g/mol. The van der Waals surface area contributed by atoms with Gasteiger partial charge in [-0.25, -0.2) is 4.68 Å². The van der Waals surface area contributed by atoms with E-state index in [-0.39, 0.29) is 6.04 Å². The van der Waals surface area contributed by atoms with Gasteiger partial charge in [0.1, 0.15) is 5.82 Å². The number of aliphatic hydroxyl groups is 1. The summed E-state index contributed by atoms with van der Waals surface area (Å²) in [5.41, 5.74) is 2.78. The van der Waals surface area contributed by atoms with Crippen molar-refractivity contribution in [2.45, 2.75) is 45.3 Å². The number of aliphatic hydroxyl groups excluding tert-OH is 1. The number of rotatable bonds is 10. The van der Waals surface area contributed by atoms with Crippen LogP contribution in [-0.4, -0.2) is 43.6 Å². The standard InChI is InChI=1S/C25H29N5O2/c1-3-16-32-25-28-23(27-18(2)22(31)15-14-19-10-6-4-7-11-19)21-17-26-30(24(21)29-25)20-12-8-5-9-13-20/h4-13,17-18,22,31H,3,14-16H2,1-2H3,(H,27,28,29). The zero-order chi connectivity index (χ0) is 22.3. The fourth-order valence-corrected chi connectivity index (χ4v) is 3.54. The fraction of sp³-hybridized carbons (Fsp3) is 0.320. The number of ether oxygens (including phenoxy) is 1. The van der Waals surface area contributed by atoms with Crippen LogP contribution in [0.25, 0.3) is 16.7 Å². The van der Waals surface area contributed by atoms with Crippen molar-refractivity contribution >= 4 is 16.9 Å². The molecule has 2 atom stereocenters. The van der Waals surface area contributed by atoms with Crippen molar-refractivity contribution in [1.82, 2.24) is 19.7 Å². The third kappa shape index (κ3) is 5.06. The first kappa shape index (κ1) is 21.8. The van der Waals surface area contributed by atoms with Crippen molar-refractivity contribution in [2.24, 2.45) is 0 Å². The van der Waals surface area contributed by atoms with Crippen molar-refractivity contribution in [1.29, 1.82) is 0 Å². The lowest BCUT2D eigenvalue weighted by molar-refractivity contribution is 0.148. The van der Waals surface area contributed by atoms with E-state index in [0.29, 0.717) is 30.5 Å². The van der Waals surface area contributed by atoms with Crippen LogP contribution in [0.15, 0.2) is 66.9 Å². The Labute approximate surface area is 188 Å². The second-order valence-electron chi connectivity index (χ2n) is 7.86. The van der Waals surface area contributed by atoms with Crippen LogP contribution in [-0.2, 0) is 6.42 Å². The quantitative estimate of drug-likeness (QED) is 0.387. The van der Waals surface area contributed by atoms with E-state index >= 15 is 0 Å². The lowest BCUT2D eigenvalue weighted by Gasteiger charge is -2.21. The Balaban J connectivity index is 1.58. The molecule has 0 aliphatic rings. The first-order valence-corrected chi connectivity index (χ1v) is 11.1. The Morgan fingerprint density at radius 2 is 1.75 bits per heavy atom. The number of nitrogens with one attached hydrogen (secondary N) is 1. The summed E-state index contributed by atoms with van der Waals surface area (Å²) in [5, 5.41) is 19.4. The second-order valence-corrected chi connectivity index (χ2v) is 7.86. The lowest BCUT2D eigenvalue weighted by Crippen LogP contribution is -2.31. The van der Waals surface area contributed by atoms with Crippen LogP contribution in [0, 0.1) is 0 Å². The van der Waals surface area contributed by atoms with Gasteiger partial charge >= 0.3 is 6.01 Å². The van der Waals surface area contributed by atoms with Crippen LogP contribution in [0.4, 0.5) is 5.82 Å². The number of anilines is 1. The summed E-state index contributed by atoms with van der Waals surface area (Å²) in [4.78, 5) is 9.18. The Hall–Kier alpha value is -3.45. The highest BCUT2D eigenvalue weighted by Crippen LogP contribution is 2.26. The molecule has 0 bridgehead atoms. The van der Waals surface area contributed by atoms with Gasteiger partial charge in [-0.15, -0.1) is 0 Å². The molecule has 166 valence electrons. The van der Waals surface area contributed by atoms with Gasteiger partial charge in [0.2, 0.25) is 0 Å². The summed E-state index contributed by atoms with van der Waals surface area (Å²) in [6.07, 6.45) is 3.52. The lowest BCUT2D eigenvalue weighted by atomic mass is 10.0. The van der Waals surface area contributed by atoms with Gasteiger partial charge in [-0.2, -0.15) is 15.1 Å². The minimum Gasteiger partial charge on any atom is -0.463 e. The smallest absolute Gasteiger partial charge is 0.320 e. The Bertz CT molecular complexity index is 1130. The SMILES string of the molecule is CCCOc1nc(NC(C)C(O)CCc2ccccc2)c2cnn(-c3ccccc3)c2n1.